The minimum atomic E-state index is -1.28. The summed E-state index contributed by atoms with van der Waals surface area (Å²) in [5, 5.41) is -0.256. The average molecular weight is 891 g/mol. The van der Waals surface area contributed by atoms with Crippen LogP contribution in [0.2, 0.25) is 0 Å². The summed E-state index contributed by atoms with van der Waals surface area (Å²) in [4.78, 5) is 42.8. The molecular formula is C52H46N2O10S. The van der Waals surface area contributed by atoms with Gasteiger partial charge in [-0.2, -0.15) is 0 Å². The number of benzene rings is 6. The number of para-hydroxylation sites is 1. The topological polar surface area (TPSA) is 137 Å². The number of nitrogens with zero attached hydrogens (tertiary/aromatic N) is 1. The van der Waals surface area contributed by atoms with Crippen molar-refractivity contribution in [1.82, 2.24) is 9.55 Å². The molecule has 65 heavy (non-hydrogen) atoms. The van der Waals surface area contributed by atoms with E-state index in [2.05, 4.69) is 4.98 Å². The van der Waals surface area contributed by atoms with E-state index in [9.17, 15) is 14.4 Å². The molecule has 8 rings (SSSR count). The van der Waals surface area contributed by atoms with Crippen LogP contribution in [-0.4, -0.2) is 53.8 Å². The van der Waals surface area contributed by atoms with Gasteiger partial charge >= 0.3 is 16.9 Å². The van der Waals surface area contributed by atoms with Crippen molar-refractivity contribution in [1.29, 1.82) is 0 Å². The molecule has 0 spiro atoms. The normalized spacial score (nSPS) is 17.0. The predicted octanol–water partition coefficient (Wildman–Crippen LogP) is 8.55. The SMILES string of the molecule is COc1ccc(C(OC[C@H]2O[C@@H](n3ccc(=O)[nH]c3=O)[C@H](CC(=O)OC(c3ccccc3)c3ccccc3)[C@@H]2OC(=S)Oc2ccccc2)(c2ccccc2)c2ccc(OC)cc2)cc1. The van der Waals surface area contributed by atoms with Crippen LogP contribution in [-0.2, 0) is 29.3 Å². The zero-order valence-electron chi connectivity index (χ0n) is 35.6. The summed E-state index contributed by atoms with van der Waals surface area (Å²) in [6.45, 7) is -0.178. The molecular weight excluding hydrogens is 845 g/mol. The Bertz CT molecular complexity index is 2680. The van der Waals surface area contributed by atoms with Crippen LogP contribution in [0.15, 0.2) is 192 Å². The molecule has 0 bridgehead atoms. The summed E-state index contributed by atoms with van der Waals surface area (Å²) in [5.74, 6) is 0.145. The monoisotopic (exact) mass is 890 g/mol. The first kappa shape index (κ1) is 44.3. The zero-order valence-corrected chi connectivity index (χ0v) is 36.4. The Morgan fingerprint density at radius 2 is 1.18 bits per heavy atom. The number of hydrogen-bond donors (Lipinski definition) is 1. The highest BCUT2D eigenvalue weighted by molar-refractivity contribution is 7.79. The Hall–Kier alpha value is -7.32. The third kappa shape index (κ3) is 10.1. The van der Waals surface area contributed by atoms with Gasteiger partial charge in [-0.3, -0.25) is 19.1 Å². The average Bonchev–Trinajstić information content (AvgIpc) is 3.67. The third-order valence-corrected chi connectivity index (χ3v) is 11.4. The van der Waals surface area contributed by atoms with Crippen LogP contribution in [0.1, 0.15) is 46.6 Å². The van der Waals surface area contributed by atoms with E-state index in [-0.39, 0.29) is 18.3 Å². The molecule has 0 aliphatic carbocycles. The Labute approximate surface area is 380 Å². The Morgan fingerprint density at radius 3 is 1.71 bits per heavy atom. The van der Waals surface area contributed by atoms with Gasteiger partial charge in [0, 0.05) is 24.5 Å². The van der Waals surface area contributed by atoms with Gasteiger partial charge in [0.15, 0.2) is 6.10 Å². The van der Waals surface area contributed by atoms with Gasteiger partial charge in [0.2, 0.25) is 0 Å². The van der Waals surface area contributed by atoms with Crippen LogP contribution in [0.25, 0.3) is 0 Å². The lowest BCUT2D eigenvalue weighted by Crippen LogP contribution is -2.41. The van der Waals surface area contributed by atoms with Gasteiger partial charge in [0.1, 0.15) is 41.3 Å². The Balaban J connectivity index is 1.22. The van der Waals surface area contributed by atoms with Gasteiger partial charge in [0.25, 0.3) is 5.56 Å². The highest BCUT2D eigenvalue weighted by Gasteiger charge is 2.51. The number of rotatable bonds is 16. The Kier molecular flexibility index (Phi) is 13.9. The van der Waals surface area contributed by atoms with Crippen LogP contribution >= 0.6 is 12.2 Å². The number of ether oxygens (including phenoxy) is 7. The summed E-state index contributed by atoms with van der Waals surface area (Å²) in [7, 11) is 3.20. The smallest absolute Gasteiger partial charge is 0.358 e. The lowest BCUT2D eigenvalue weighted by molar-refractivity contribution is -0.150. The van der Waals surface area contributed by atoms with E-state index >= 15 is 0 Å². The van der Waals surface area contributed by atoms with E-state index in [0.717, 1.165) is 27.8 Å². The number of carbonyl (C=O) groups is 1. The van der Waals surface area contributed by atoms with Gasteiger partial charge in [-0.1, -0.05) is 133 Å². The van der Waals surface area contributed by atoms with Gasteiger partial charge in [-0.15, -0.1) is 0 Å². The highest BCUT2D eigenvalue weighted by Crippen LogP contribution is 2.45. The maximum absolute atomic E-state index is 14.5. The van der Waals surface area contributed by atoms with Crippen LogP contribution in [0, 0.1) is 5.92 Å². The molecule has 7 aromatic rings. The largest absolute Gasteiger partial charge is 0.497 e. The van der Waals surface area contributed by atoms with Crippen molar-refractivity contribution in [3.05, 3.63) is 231 Å². The molecule has 1 aromatic heterocycles. The van der Waals surface area contributed by atoms with E-state index in [0.29, 0.717) is 17.2 Å². The van der Waals surface area contributed by atoms with E-state index in [1.165, 1.54) is 16.8 Å². The van der Waals surface area contributed by atoms with Crippen molar-refractivity contribution >= 4 is 23.4 Å². The van der Waals surface area contributed by atoms with Crippen molar-refractivity contribution in [2.75, 3.05) is 20.8 Å². The maximum Gasteiger partial charge on any atom is 0.358 e. The Morgan fingerprint density at radius 1 is 0.677 bits per heavy atom. The van der Waals surface area contributed by atoms with Crippen LogP contribution in [0.3, 0.4) is 0 Å². The van der Waals surface area contributed by atoms with Crippen molar-refractivity contribution in [2.24, 2.45) is 5.92 Å². The van der Waals surface area contributed by atoms with Gasteiger partial charge < -0.3 is 33.2 Å². The van der Waals surface area contributed by atoms with Crippen molar-refractivity contribution in [3.63, 3.8) is 0 Å². The van der Waals surface area contributed by atoms with Crippen LogP contribution in [0.4, 0.5) is 0 Å². The summed E-state index contributed by atoms with van der Waals surface area (Å²) in [5.41, 5.74) is 1.17. The fourth-order valence-corrected chi connectivity index (χ4v) is 8.37. The molecule has 1 N–H and O–H groups in total. The number of nitrogens with one attached hydrogen (secondary N) is 1. The first-order chi connectivity index (χ1) is 31.7. The summed E-state index contributed by atoms with van der Waals surface area (Å²) < 4.78 is 45.3. The second kappa shape index (κ2) is 20.5. The number of H-pyrrole nitrogens is 1. The minimum Gasteiger partial charge on any atom is -0.497 e. The van der Waals surface area contributed by atoms with E-state index in [4.69, 9.17) is 45.4 Å². The third-order valence-electron chi connectivity index (χ3n) is 11.3. The van der Waals surface area contributed by atoms with Crippen LogP contribution < -0.4 is 25.5 Å². The molecule has 0 amide bonds. The molecule has 1 fully saturated rings. The molecule has 0 radical (unpaired) electrons. The standard InChI is InChI=1S/C52H46N2O10S/c1-58-40-27-23-38(24-28-40)52(37-19-11-5-12-20-37,39-25-29-41(59-2)30-26-39)60-34-44-48(64-51(65)61-42-21-13-6-14-22-42)43(49(62-44)54-32-31-45(55)53-50(54)57)33-46(56)63-47(35-15-7-3-8-16-35)36-17-9-4-10-18-36/h3-32,43-44,47-49H,33-34H2,1-2H3,(H,53,55,57)/t43-,44-,48+,49-/m1/s1. The lowest BCUT2D eigenvalue weighted by Gasteiger charge is -2.37. The second-order valence-corrected chi connectivity index (χ2v) is 15.5. The number of esters is 1. The zero-order chi connectivity index (χ0) is 45.2. The number of aromatic amines is 1. The number of thiocarbonyl (C=S) groups is 1. The molecule has 1 saturated heterocycles. The summed E-state index contributed by atoms with van der Waals surface area (Å²) in [6.07, 6.45) is -3.05. The lowest BCUT2D eigenvalue weighted by atomic mass is 9.80. The summed E-state index contributed by atoms with van der Waals surface area (Å²) in [6, 6.07) is 53.7. The predicted molar refractivity (Wildman–Crippen MR) is 247 cm³/mol. The molecule has 330 valence electrons. The molecule has 12 nitrogen and oxygen atoms in total. The first-order valence-corrected chi connectivity index (χ1v) is 21.3. The fourth-order valence-electron chi connectivity index (χ4n) is 8.17. The number of hydrogen-bond acceptors (Lipinski definition) is 11. The maximum atomic E-state index is 14.5. The molecule has 1 aliphatic rings. The van der Waals surface area contributed by atoms with E-state index < -0.39 is 53.3 Å². The molecule has 0 saturated carbocycles. The van der Waals surface area contributed by atoms with Crippen molar-refractivity contribution in [2.45, 2.75) is 36.6 Å². The van der Waals surface area contributed by atoms with Gasteiger partial charge in [-0.05, 0) is 64.2 Å². The number of methoxy groups -OCH3 is 2. The van der Waals surface area contributed by atoms with E-state index in [1.54, 1.807) is 38.5 Å². The molecule has 6 aromatic carbocycles. The number of aromatic nitrogens is 2. The van der Waals surface area contributed by atoms with E-state index in [1.807, 2.05) is 146 Å². The fraction of sp³-hybridized carbons (Fsp3) is 0.192. The quantitative estimate of drug-likeness (QED) is 0.0568. The first-order valence-electron chi connectivity index (χ1n) is 20.9. The molecule has 4 atom stereocenters. The molecule has 13 heteroatoms. The summed E-state index contributed by atoms with van der Waals surface area (Å²) >= 11 is 5.73. The highest BCUT2D eigenvalue weighted by atomic mass is 32.1. The van der Waals surface area contributed by atoms with Crippen LogP contribution in [0.5, 0.6) is 17.2 Å². The van der Waals surface area contributed by atoms with Crippen molar-refractivity contribution < 1.29 is 38.0 Å². The van der Waals surface area contributed by atoms with Gasteiger partial charge in [-0.25, -0.2) is 4.79 Å². The number of carbonyl (C=O) groups excluding carboxylic acids is 1. The minimum absolute atomic E-state index is 0.178. The molecule has 2 heterocycles. The second-order valence-electron chi connectivity index (χ2n) is 15.2. The van der Waals surface area contributed by atoms with Crippen molar-refractivity contribution in [3.8, 4) is 17.2 Å². The molecule has 1 aliphatic heterocycles. The van der Waals surface area contributed by atoms with Gasteiger partial charge in [0.05, 0.1) is 33.2 Å². The molecule has 0 unspecified atom stereocenters.